The highest BCUT2D eigenvalue weighted by Gasteiger charge is 2.12. The number of nitro groups is 1. The minimum Gasteiger partial charge on any atom is -0.332 e. The maximum atomic E-state index is 12.1. The van der Waals surface area contributed by atoms with E-state index in [-0.39, 0.29) is 16.7 Å². The van der Waals surface area contributed by atoms with Gasteiger partial charge < -0.3 is 5.32 Å². The van der Waals surface area contributed by atoms with Crippen molar-refractivity contribution in [3.8, 4) is 0 Å². The lowest BCUT2D eigenvalue weighted by atomic mass is 10.2. The SMILES string of the molecule is Cc1ccc([N+](=O)[O-])cc1NC(=S)NC(=O)c1cccc(I)c1. The number of anilines is 1. The van der Waals surface area contributed by atoms with E-state index < -0.39 is 4.92 Å². The fraction of sp³-hybridized carbons (Fsp3) is 0.0667. The molecule has 0 fully saturated rings. The second kappa shape index (κ2) is 7.47. The number of benzene rings is 2. The summed E-state index contributed by atoms with van der Waals surface area (Å²) in [5.74, 6) is -0.343. The van der Waals surface area contributed by atoms with Crippen LogP contribution in [0.25, 0.3) is 0 Å². The Hall–Kier alpha value is -2.07. The van der Waals surface area contributed by atoms with Gasteiger partial charge in [0.2, 0.25) is 0 Å². The van der Waals surface area contributed by atoms with E-state index in [2.05, 4.69) is 33.2 Å². The number of hydrogen-bond donors (Lipinski definition) is 2. The average Bonchev–Trinajstić information content (AvgIpc) is 2.49. The van der Waals surface area contributed by atoms with Crippen LogP contribution in [-0.2, 0) is 0 Å². The van der Waals surface area contributed by atoms with Crippen LogP contribution >= 0.6 is 34.8 Å². The summed E-state index contributed by atoms with van der Waals surface area (Å²) < 4.78 is 0.934. The molecule has 0 saturated heterocycles. The Morgan fingerprint density at radius 1 is 1.26 bits per heavy atom. The van der Waals surface area contributed by atoms with Crippen molar-refractivity contribution in [2.75, 3.05) is 5.32 Å². The van der Waals surface area contributed by atoms with E-state index in [4.69, 9.17) is 12.2 Å². The van der Waals surface area contributed by atoms with Crippen LogP contribution in [0.3, 0.4) is 0 Å². The number of rotatable bonds is 3. The van der Waals surface area contributed by atoms with Crippen molar-refractivity contribution in [3.05, 3.63) is 67.3 Å². The average molecular weight is 441 g/mol. The summed E-state index contributed by atoms with van der Waals surface area (Å²) in [7, 11) is 0. The smallest absolute Gasteiger partial charge is 0.271 e. The number of thiocarbonyl (C=S) groups is 1. The predicted molar refractivity (Wildman–Crippen MR) is 101 cm³/mol. The van der Waals surface area contributed by atoms with Crippen molar-refractivity contribution in [2.45, 2.75) is 6.92 Å². The molecule has 1 amide bonds. The number of carbonyl (C=O) groups excluding carboxylic acids is 1. The third-order valence-electron chi connectivity index (χ3n) is 2.99. The van der Waals surface area contributed by atoms with Crippen molar-refractivity contribution in [3.63, 3.8) is 0 Å². The molecule has 0 aliphatic heterocycles. The second-order valence-corrected chi connectivity index (χ2v) is 6.33. The molecule has 0 radical (unpaired) electrons. The largest absolute Gasteiger partial charge is 0.332 e. The maximum Gasteiger partial charge on any atom is 0.271 e. The molecule has 0 aliphatic carbocycles. The summed E-state index contributed by atoms with van der Waals surface area (Å²) in [5.41, 5.74) is 1.69. The van der Waals surface area contributed by atoms with Crippen LogP contribution in [0.2, 0.25) is 0 Å². The molecular weight excluding hydrogens is 429 g/mol. The number of amides is 1. The zero-order chi connectivity index (χ0) is 17.0. The highest BCUT2D eigenvalue weighted by Crippen LogP contribution is 2.21. The van der Waals surface area contributed by atoms with Gasteiger partial charge in [-0.25, -0.2) is 0 Å². The zero-order valence-corrected chi connectivity index (χ0v) is 15.0. The Kier molecular flexibility index (Phi) is 5.61. The van der Waals surface area contributed by atoms with Gasteiger partial charge in [-0.2, -0.15) is 0 Å². The molecule has 118 valence electrons. The highest BCUT2D eigenvalue weighted by molar-refractivity contribution is 14.1. The summed E-state index contributed by atoms with van der Waals surface area (Å²) in [6, 6.07) is 11.5. The molecule has 0 bridgehead atoms. The van der Waals surface area contributed by atoms with E-state index in [0.717, 1.165) is 9.13 Å². The minimum atomic E-state index is -0.488. The second-order valence-electron chi connectivity index (χ2n) is 4.67. The van der Waals surface area contributed by atoms with Gasteiger partial charge in [0.1, 0.15) is 0 Å². The van der Waals surface area contributed by atoms with Gasteiger partial charge in [-0.3, -0.25) is 20.2 Å². The van der Waals surface area contributed by atoms with Gasteiger partial charge in [0, 0.05) is 27.0 Å². The lowest BCUT2D eigenvalue weighted by molar-refractivity contribution is -0.384. The summed E-state index contributed by atoms with van der Waals surface area (Å²) in [5, 5.41) is 16.3. The van der Waals surface area contributed by atoms with Gasteiger partial charge in [0.15, 0.2) is 5.11 Å². The summed E-state index contributed by atoms with van der Waals surface area (Å²) in [6.45, 7) is 1.79. The Morgan fingerprint density at radius 2 is 2.00 bits per heavy atom. The molecule has 2 aromatic rings. The molecule has 0 spiro atoms. The van der Waals surface area contributed by atoms with Crippen molar-refractivity contribution < 1.29 is 9.72 Å². The number of non-ortho nitro benzene ring substituents is 1. The molecule has 0 aromatic heterocycles. The van der Waals surface area contributed by atoms with E-state index in [1.807, 2.05) is 6.07 Å². The molecule has 0 aliphatic rings. The Morgan fingerprint density at radius 3 is 2.65 bits per heavy atom. The Labute approximate surface area is 151 Å². The highest BCUT2D eigenvalue weighted by atomic mass is 127. The Balaban J connectivity index is 2.09. The lowest BCUT2D eigenvalue weighted by Gasteiger charge is -2.11. The van der Waals surface area contributed by atoms with Crippen LogP contribution in [0, 0.1) is 20.6 Å². The molecule has 2 rings (SSSR count). The third-order valence-corrected chi connectivity index (χ3v) is 3.87. The van der Waals surface area contributed by atoms with E-state index in [0.29, 0.717) is 11.3 Å². The van der Waals surface area contributed by atoms with Gasteiger partial charge in [-0.15, -0.1) is 0 Å². The minimum absolute atomic E-state index is 0.0511. The van der Waals surface area contributed by atoms with Crippen molar-refractivity contribution in [1.29, 1.82) is 0 Å². The van der Waals surface area contributed by atoms with Crippen molar-refractivity contribution in [2.24, 2.45) is 0 Å². The van der Waals surface area contributed by atoms with Gasteiger partial charge >= 0.3 is 0 Å². The fourth-order valence-corrected chi connectivity index (χ4v) is 2.56. The summed E-state index contributed by atoms with van der Waals surface area (Å²) in [4.78, 5) is 22.4. The molecule has 2 aromatic carbocycles. The van der Waals surface area contributed by atoms with Gasteiger partial charge in [-0.05, 0) is 65.5 Å². The number of hydrogen-bond acceptors (Lipinski definition) is 4. The summed E-state index contributed by atoms with van der Waals surface area (Å²) in [6.07, 6.45) is 0. The zero-order valence-electron chi connectivity index (χ0n) is 12.0. The van der Waals surface area contributed by atoms with Crippen LogP contribution in [0.15, 0.2) is 42.5 Å². The van der Waals surface area contributed by atoms with E-state index in [1.165, 1.54) is 12.1 Å². The number of carbonyl (C=O) groups is 1. The molecular formula is C15H12IN3O3S. The lowest BCUT2D eigenvalue weighted by Crippen LogP contribution is -2.34. The molecule has 0 saturated carbocycles. The van der Waals surface area contributed by atoms with E-state index in [9.17, 15) is 14.9 Å². The van der Waals surface area contributed by atoms with Crippen molar-refractivity contribution in [1.82, 2.24) is 5.32 Å². The molecule has 2 N–H and O–H groups in total. The first kappa shape index (κ1) is 17.3. The van der Waals surface area contributed by atoms with Gasteiger partial charge in [0.25, 0.3) is 11.6 Å². The van der Waals surface area contributed by atoms with Crippen LogP contribution in [0.4, 0.5) is 11.4 Å². The number of nitro benzene ring substituents is 1. The van der Waals surface area contributed by atoms with E-state index in [1.54, 1.807) is 31.2 Å². The molecule has 8 heteroatoms. The standard InChI is InChI=1S/C15H12IN3O3S/c1-9-5-6-12(19(21)22)8-13(9)17-15(23)18-14(20)10-3-2-4-11(16)7-10/h2-8H,1H3,(H2,17,18,20,23). The van der Waals surface area contributed by atoms with Crippen molar-refractivity contribution >= 4 is 57.2 Å². The molecule has 6 nitrogen and oxygen atoms in total. The normalized spacial score (nSPS) is 10.0. The third kappa shape index (κ3) is 4.70. The number of aryl methyl sites for hydroxylation is 1. The first-order valence-corrected chi connectivity index (χ1v) is 7.98. The first-order chi connectivity index (χ1) is 10.9. The van der Waals surface area contributed by atoms with Crippen LogP contribution in [-0.4, -0.2) is 15.9 Å². The van der Waals surface area contributed by atoms with Crippen LogP contribution < -0.4 is 10.6 Å². The Bertz CT molecular complexity index is 795. The van der Waals surface area contributed by atoms with E-state index >= 15 is 0 Å². The maximum absolute atomic E-state index is 12.1. The monoisotopic (exact) mass is 441 g/mol. The number of nitrogens with one attached hydrogen (secondary N) is 2. The topological polar surface area (TPSA) is 84.3 Å². The summed E-state index contributed by atoms with van der Waals surface area (Å²) >= 11 is 7.21. The van der Waals surface area contributed by atoms with Crippen LogP contribution in [0.5, 0.6) is 0 Å². The van der Waals surface area contributed by atoms with Gasteiger partial charge in [0.05, 0.1) is 4.92 Å². The first-order valence-electron chi connectivity index (χ1n) is 6.50. The number of halogens is 1. The quantitative estimate of drug-likeness (QED) is 0.329. The fourth-order valence-electron chi connectivity index (χ4n) is 1.82. The molecule has 0 atom stereocenters. The number of nitrogens with zero attached hydrogens (tertiary/aromatic N) is 1. The van der Waals surface area contributed by atoms with Gasteiger partial charge in [-0.1, -0.05) is 12.1 Å². The predicted octanol–water partition coefficient (Wildman–Crippen LogP) is 3.63. The van der Waals surface area contributed by atoms with Crippen LogP contribution in [0.1, 0.15) is 15.9 Å². The molecule has 23 heavy (non-hydrogen) atoms. The molecule has 0 heterocycles. The molecule has 0 unspecified atom stereocenters.